The Kier molecular flexibility index (Phi) is 4.55. The van der Waals surface area contributed by atoms with Crippen molar-refractivity contribution >= 4 is 5.97 Å². The predicted octanol–water partition coefficient (Wildman–Crippen LogP) is 3.38. The Hall–Kier alpha value is -1.51. The molecule has 0 aliphatic heterocycles. The number of rotatable bonds is 4. The molecule has 0 spiro atoms. The van der Waals surface area contributed by atoms with Crippen molar-refractivity contribution in [2.24, 2.45) is 0 Å². The molecule has 3 heteroatoms. The number of methoxy groups -OCH3 is 1. The molecule has 1 aromatic rings. The lowest BCUT2D eigenvalue weighted by Gasteiger charge is -2.15. The molecule has 0 aromatic heterocycles. The standard InChI is InChI=1S/C14H20O3/c1-9(2)11-6-7-13(17-10(3)4)12(8-11)14(15)16-5/h6-10H,1-5H3. The number of carbonyl (C=O) groups excluding carboxylic acids is 1. The van der Waals surface area contributed by atoms with Gasteiger partial charge in [-0.15, -0.1) is 0 Å². The maximum atomic E-state index is 11.7. The van der Waals surface area contributed by atoms with Gasteiger partial charge >= 0.3 is 5.97 Å². The molecule has 1 rings (SSSR count). The lowest BCUT2D eigenvalue weighted by molar-refractivity contribution is 0.0594. The molecule has 3 nitrogen and oxygen atoms in total. The van der Waals surface area contributed by atoms with Crippen molar-refractivity contribution in [3.63, 3.8) is 0 Å². The normalized spacial score (nSPS) is 10.8. The molecule has 0 unspecified atom stereocenters. The SMILES string of the molecule is COC(=O)c1cc(C(C)C)ccc1OC(C)C. The van der Waals surface area contributed by atoms with Crippen LogP contribution in [0.1, 0.15) is 49.5 Å². The second kappa shape index (κ2) is 5.71. The van der Waals surface area contributed by atoms with Gasteiger partial charge in [0.1, 0.15) is 11.3 Å². The minimum atomic E-state index is -0.358. The van der Waals surface area contributed by atoms with E-state index in [0.717, 1.165) is 5.56 Å². The Labute approximate surface area is 103 Å². The van der Waals surface area contributed by atoms with Crippen molar-refractivity contribution in [2.45, 2.75) is 39.7 Å². The van der Waals surface area contributed by atoms with Gasteiger partial charge in [0.05, 0.1) is 13.2 Å². The first kappa shape index (κ1) is 13.6. The molecule has 0 saturated carbocycles. The number of benzene rings is 1. The number of ether oxygens (including phenoxy) is 2. The number of hydrogen-bond donors (Lipinski definition) is 0. The molecule has 0 amide bonds. The molecule has 0 saturated heterocycles. The van der Waals surface area contributed by atoms with Crippen molar-refractivity contribution in [1.29, 1.82) is 0 Å². The van der Waals surface area contributed by atoms with Crippen LogP contribution < -0.4 is 4.74 Å². The molecular formula is C14H20O3. The summed E-state index contributed by atoms with van der Waals surface area (Å²) in [6.45, 7) is 8.02. The third kappa shape index (κ3) is 3.48. The number of carbonyl (C=O) groups is 1. The van der Waals surface area contributed by atoms with Crippen molar-refractivity contribution in [1.82, 2.24) is 0 Å². The van der Waals surface area contributed by atoms with E-state index in [4.69, 9.17) is 9.47 Å². The average molecular weight is 236 g/mol. The first-order valence-electron chi connectivity index (χ1n) is 5.84. The first-order chi connectivity index (χ1) is 7.95. The fourth-order valence-corrected chi connectivity index (χ4v) is 1.53. The highest BCUT2D eigenvalue weighted by atomic mass is 16.5. The minimum Gasteiger partial charge on any atom is -0.490 e. The van der Waals surface area contributed by atoms with E-state index in [-0.39, 0.29) is 12.1 Å². The van der Waals surface area contributed by atoms with E-state index in [1.54, 1.807) is 0 Å². The third-order valence-electron chi connectivity index (χ3n) is 2.44. The number of hydrogen-bond acceptors (Lipinski definition) is 3. The van der Waals surface area contributed by atoms with Crippen LogP contribution in [0.4, 0.5) is 0 Å². The smallest absolute Gasteiger partial charge is 0.341 e. The Bertz CT molecular complexity index is 394. The van der Waals surface area contributed by atoms with Crippen LogP contribution in [0.3, 0.4) is 0 Å². The van der Waals surface area contributed by atoms with E-state index < -0.39 is 0 Å². The van der Waals surface area contributed by atoms with Crippen LogP contribution in [0.5, 0.6) is 5.75 Å². The molecular weight excluding hydrogens is 216 g/mol. The van der Waals surface area contributed by atoms with Gasteiger partial charge in [0.15, 0.2) is 0 Å². The molecule has 0 aliphatic rings. The zero-order valence-electron chi connectivity index (χ0n) is 11.1. The highest BCUT2D eigenvalue weighted by molar-refractivity contribution is 5.92. The summed E-state index contributed by atoms with van der Waals surface area (Å²) < 4.78 is 10.4. The van der Waals surface area contributed by atoms with E-state index in [0.29, 0.717) is 17.2 Å². The lowest BCUT2D eigenvalue weighted by Crippen LogP contribution is -2.11. The molecule has 0 atom stereocenters. The zero-order chi connectivity index (χ0) is 13.0. The summed E-state index contributed by atoms with van der Waals surface area (Å²) in [6, 6.07) is 5.66. The molecule has 0 fully saturated rings. The first-order valence-corrected chi connectivity index (χ1v) is 5.84. The fraction of sp³-hybridized carbons (Fsp3) is 0.500. The van der Waals surface area contributed by atoms with Gasteiger partial charge in [-0.1, -0.05) is 19.9 Å². The predicted molar refractivity (Wildman–Crippen MR) is 67.6 cm³/mol. The Morgan fingerprint density at radius 3 is 2.29 bits per heavy atom. The maximum Gasteiger partial charge on any atom is 0.341 e. The van der Waals surface area contributed by atoms with Crippen LogP contribution >= 0.6 is 0 Å². The van der Waals surface area contributed by atoms with Gasteiger partial charge in [-0.2, -0.15) is 0 Å². The van der Waals surface area contributed by atoms with Crippen LogP contribution in [0, 0.1) is 0 Å². The van der Waals surface area contributed by atoms with E-state index >= 15 is 0 Å². The third-order valence-corrected chi connectivity index (χ3v) is 2.44. The lowest BCUT2D eigenvalue weighted by atomic mass is 10.0. The average Bonchev–Trinajstić information content (AvgIpc) is 2.27. The molecule has 0 bridgehead atoms. The van der Waals surface area contributed by atoms with Gasteiger partial charge in [0, 0.05) is 0 Å². The zero-order valence-corrected chi connectivity index (χ0v) is 11.1. The molecule has 1 aromatic carbocycles. The highest BCUT2D eigenvalue weighted by Gasteiger charge is 2.15. The van der Waals surface area contributed by atoms with Crippen LogP contribution in [-0.4, -0.2) is 19.2 Å². The maximum absolute atomic E-state index is 11.7. The van der Waals surface area contributed by atoms with Gasteiger partial charge in [-0.05, 0) is 37.5 Å². The second-order valence-electron chi connectivity index (χ2n) is 4.57. The van der Waals surface area contributed by atoms with E-state index in [1.165, 1.54) is 7.11 Å². The van der Waals surface area contributed by atoms with Crippen LogP contribution in [-0.2, 0) is 4.74 Å². The summed E-state index contributed by atoms with van der Waals surface area (Å²) in [4.78, 5) is 11.7. The van der Waals surface area contributed by atoms with Crippen LogP contribution in [0.15, 0.2) is 18.2 Å². The van der Waals surface area contributed by atoms with Gasteiger partial charge < -0.3 is 9.47 Å². The quantitative estimate of drug-likeness (QED) is 0.752. The van der Waals surface area contributed by atoms with E-state index in [1.807, 2.05) is 32.0 Å². The van der Waals surface area contributed by atoms with E-state index in [9.17, 15) is 4.79 Å². The van der Waals surface area contributed by atoms with Crippen molar-refractivity contribution in [3.8, 4) is 5.75 Å². The molecule has 0 aliphatic carbocycles. The van der Waals surface area contributed by atoms with Gasteiger partial charge in [0.2, 0.25) is 0 Å². The van der Waals surface area contributed by atoms with E-state index in [2.05, 4.69) is 13.8 Å². The number of esters is 1. The minimum absolute atomic E-state index is 0.0308. The summed E-state index contributed by atoms with van der Waals surface area (Å²) in [5.74, 6) is 0.589. The molecule has 17 heavy (non-hydrogen) atoms. The van der Waals surface area contributed by atoms with Gasteiger partial charge in [-0.3, -0.25) is 0 Å². The Morgan fingerprint density at radius 2 is 1.82 bits per heavy atom. The second-order valence-corrected chi connectivity index (χ2v) is 4.57. The van der Waals surface area contributed by atoms with Crippen LogP contribution in [0.25, 0.3) is 0 Å². The summed E-state index contributed by atoms with van der Waals surface area (Å²) in [6.07, 6.45) is 0.0308. The van der Waals surface area contributed by atoms with Crippen molar-refractivity contribution in [2.75, 3.05) is 7.11 Å². The monoisotopic (exact) mass is 236 g/mol. The summed E-state index contributed by atoms with van der Waals surface area (Å²) in [7, 11) is 1.38. The summed E-state index contributed by atoms with van der Waals surface area (Å²) in [5, 5.41) is 0. The molecule has 0 N–H and O–H groups in total. The fourth-order valence-electron chi connectivity index (χ4n) is 1.53. The molecule has 0 radical (unpaired) electrons. The van der Waals surface area contributed by atoms with Crippen molar-refractivity contribution in [3.05, 3.63) is 29.3 Å². The Morgan fingerprint density at radius 1 is 1.18 bits per heavy atom. The molecule has 94 valence electrons. The van der Waals surface area contributed by atoms with Gasteiger partial charge in [0.25, 0.3) is 0 Å². The highest BCUT2D eigenvalue weighted by Crippen LogP contribution is 2.25. The largest absolute Gasteiger partial charge is 0.490 e. The summed E-state index contributed by atoms with van der Waals surface area (Å²) >= 11 is 0. The topological polar surface area (TPSA) is 35.5 Å². The Balaban J connectivity index is 3.16. The summed E-state index contributed by atoms with van der Waals surface area (Å²) in [5.41, 5.74) is 1.59. The van der Waals surface area contributed by atoms with Gasteiger partial charge in [-0.25, -0.2) is 4.79 Å². The van der Waals surface area contributed by atoms with Crippen molar-refractivity contribution < 1.29 is 14.3 Å². The van der Waals surface area contributed by atoms with Crippen LogP contribution in [0.2, 0.25) is 0 Å². The molecule has 0 heterocycles.